The van der Waals surface area contributed by atoms with Crippen molar-refractivity contribution in [3.63, 3.8) is 0 Å². The summed E-state index contributed by atoms with van der Waals surface area (Å²) in [6.45, 7) is 6.46. The number of rotatable bonds is 54. The second-order valence-electron chi connectivity index (χ2n) is 19.9. The zero-order chi connectivity index (χ0) is 50.7. The van der Waals surface area contributed by atoms with Crippen LogP contribution in [-0.2, 0) is 28.6 Å². The van der Waals surface area contributed by atoms with Crippen molar-refractivity contribution >= 4 is 17.9 Å². The van der Waals surface area contributed by atoms with E-state index in [2.05, 4.69) is 87.6 Å². The van der Waals surface area contributed by atoms with E-state index in [-0.39, 0.29) is 37.5 Å². The van der Waals surface area contributed by atoms with E-state index in [1.165, 1.54) is 173 Å². The Kier molecular flexibility index (Phi) is 55.8. The summed E-state index contributed by atoms with van der Waals surface area (Å²) in [5.41, 5.74) is 0. The first kappa shape index (κ1) is 66.9. The first-order valence-electron chi connectivity index (χ1n) is 29.9. The number of carbonyl (C=O) groups is 3. The molecule has 70 heavy (non-hydrogen) atoms. The summed E-state index contributed by atoms with van der Waals surface area (Å²) in [7, 11) is 0. The lowest BCUT2D eigenvalue weighted by Gasteiger charge is -2.18. The monoisotopic (exact) mass is 977 g/mol. The molecule has 0 N–H and O–H groups in total. The Morgan fingerprint density at radius 2 is 0.557 bits per heavy atom. The van der Waals surface area contributed by atoms with Crippen molar-refractivity contribution in [3.8, 4) is 0 Å². The van der Waals surface area contributed by atoms with Gasteiger partial charge in [-0.2, -0.15) is 0 Å². The fraction of sp³-hybridized carbons (Fsp3) is 0.766. The van der Waals surface area contributed by atoms with Crippen LogP contribution >= 0.6 is 0 Å². The highest BCUT2D eigenvalue weighted by Gasteiger charge is 2.19. The van der Waals surface area contributed by atoms with Gasteiger partial charge < -0.3 is 14.2 Å². The summed E-state index contributed by atoms with van der Waals surface area (Å²) in [4.78, 5) is 38.0. The normalized spacial score (nSPS) is 12.6. The number of unbranched alkanes of at least 4 members (excludes halogenated alkanes) is 31. The second-order valence-corrected chi connectivity index (χ2v) is 19.9. The van der Waals surface area contributed by atoms with Crippen LogP contribution < -0.4 is 0 Å². The summed E-state index contributed by atoms with van der Waals surface area (Å²) < 4.78 is 16.7. The maximum Gasteiger partial charge on any atom is 0.306 e. The highest BCUT2D eigenvalue weighted by Crippen LogP contribution is 2.17. The Bertz CT molecular complexity index is 1310. The first-order chi connectivity index (χ1) is 34.5. The van der Waals surface area contributed by atoms with E-state index in [1.807, 2.05) is 6.08 Å². The molecule has 0 saturated heterocycles. The largest absolute Gasteiger partial charge is 0.462 e. The molecule has 0 aromatic carbocycles. The van der Waals surface area contributed by atoms with Crippen molar-refractivity contribution < 1.29 is 28.6 Å². The Morgan fingerprint density at radius 1 is 0.300 bits per heavy atom. The van der Waals surface area contributed by atoms with Gasteiger partial charge in [0.05, 0.1) is 0 Å². The van der Waals surface area contributed by atoms with Gasteiger partial charge in [0.1, 0.15) is 13.2 Å². The van der Waals surface area contributed by atoms with Crippen LogP contribution in [0.15, 0.2) is 72.9 Å². The summed E-state index contributed by atoms with van der Waals surface area (Å²) in [6, 6.07) is 0. The fourth-order valence-electron chi connectivity index (χ4n) is 8.53. The summed E-state index contributed by atoms with van der Waals surface area (Å²) in [5, 5.41) is 0. The molecule has 0 aliphatic heterocycles. The van der Waals surface area contributed by atoms with Gasteiger partial charge in [0.2, 0.25) is 0 Å². The molecule has 0 aromatic rings. The number of carbonyl (C=O) groups excluding carboxylic acids is 3. The van der Waals surface area contributed by atoms with Crippen molar-refractivity contribution in [2.45, 2.75) is 303 Å². The van der Waals surface area contributed by atoms with E-state index in [0.29, 0.717) is 19.3 Å². The third-order valence-electron chi connectivity index (χ3n) is 13.0. The van der Waals surface area contributed by atoms with Crippen LogP contribution in [0.25, 0.3) is 0 Å². The molecule has 0 amide bonds. The van der Waals surface area contributed by atoms with E-state index in [4.69, 9.17) is 14.2 Å². The number of esters is 3. The van der Waals surface area contributed by atoms with E-state index in [0.717, 1.165) is 77.0 Å². The van der Waals surface area contributed by atoms with Crippen molar-refractivity contribution in [1.82, 2.24) is 0 Å². The number of hydrogen-bond donors (Lipinski definition) is 0. The van der Waals surface area contributed by atoms with Crippen molar-refractivity contribution in [2.75, 3.05) is 13.2 Å². The fourth-order valence-corrected chi connectivity index (χ4v) is 8.53. The van der Waals surface area contributed by atoms with Crippen LogP contribution in [0, 0.1) is 0 Å². The summed E-state index contributed by atoms with van der Waals surface area (Å²) in [6.07, 6.45) is 75.1. The van der Waals surface area contributed by atoms with Gasteiger partial charge in [-0.05, 0) is 57.8 Å². The molecule has 0 rings (SSSR count). The smallest absolute Gasteiger partial charge is 0.306 e. The lowest BCUT2D eigenvalue weighted by molar-refractivity contribution is -0.166. The predicted molar refractivity (Wildman–Crippen MR) is 302 cm³/mol. The average Bonchev–Trinajstić information content (AvgIpc) is 3.36. The summed E-state index contributed by atoms with van der Waals surface area (Å²) in [5.74, 6) is -0.981. The molecule has 0 bridgehead atoms. The minimum Gasteiger partial charge on any atom is -0.462 e. The van der Waals surface area contributed by atoms with Crippen molar-refractivity contribution in [1.29, 1.82) is 0 Å². The zero-order valence-electron chi connectivity index (χ0n) is 46.3. The Morgan fingerprint density at radius 3 is 0.843 bits per heavy atom. The molecule has 404 valence electrons. The van der Waals surface area contributed by atoms with Crippen LogP contribution in [0.5, 0.6) is 0 Å². The van der Waals surface area contributed by atoms with Gasteiger partial charge in [0, 0.05) is 19.3 Å². The zero-order valence-corrected chi connectivity index (χ0v) is 46.3. The molecule has 0 heterocycles. The van der Waals surface area contributed by atoms with Gasteiger partial charge >= 0.3 is 17.9 Å². The second kappa shape index (κ2) is 58.4. The minimum atomic E-state index is -0.812. The Labute approximate surface area is 433 Å². The van der Waals surface area contributed by atoms with Gasteiger partial charge in [0.25, 0.3) is 0 Å². The van der Waals surface area contributed by atoms with Gasteiger partial charge in [0.15, 0.2) is 6.10 Å². The molecular formula is C64H112O6. The molecule has 6 nitrogen and oxygen atoms in total. The molecule has 1 unspecified atom stereocenters. The highest BCUT2D eigenvalue weighted by molar-refractivity contribution is 5.71. The molecule has 1 atom stereocenters. The molecule has 0 fully saturated rings. The quantitative estimate of drug-likeness (QED) is 0.0261. The average molecular weight is 978 g/mol. The van der Waals surface area contributed by atoms with Crippen LogP contribution in [-0.4, -0.2) is 37.2 Å². The molecule has 0 aliphatic rings. The lowest BCUT2D eigenvalue weighted by Crippen LogP contribution is -2.30. The SMILES string of the molecule is CC/C=C\C/C=C\C/C=C\C/C=C\C/C=C\C/C=C\CCC(=O)OC(COC(=O)CCCCCCCCCC)COC(=O)CCCCCCCCCCCCCCCCCCCCCCCCCCC. The van der Waals surface area contributed by atoms with Crippen molar-refractivity contribution in [2.24, 2.45) is 0 Å². The number of ether oxygens (including phenoxy) is 3. The molecule has 0 radical (unpaired) electrons. The van der Waals surface area contributed by atoms with Crippen LogP contribution in [0.2, 0.25) is 0 Å². The topological polar surface area (TPSA) is 78.9 Å². The van der Waals surface area contributed by atoms with Gasteiger partial charge in [-0.25, -0.2) is 0 Å². The third-order valence-corrected chi connectivity index (χ3v) is 13.0. The standard InChI is InChI=1S/C64H112O6/c1-4-7-10-13-16-19-21-23-25-27-29-30-31-32-33-34-36-37-39-41-43-45-48-51-54-57-63(66)69-60-61(59-68-62(65)56-53-50-47-18-15-12-9-6-3)70-64(67)58-55-52-49-46-44-42-40-38-35-28-26-24-22-20-17-14-11-8-5-2/h8,11,17,20,24,26,35,38,42,44,49,52,61H,4-7,9-10,12-16,18-19,21-23,25,27-34,36-37,39-41,43,45-48,50-51,53-60H2,1-3H3/b11-8-,20-17-,26-24-,38-35-,44-42-,52-49-. The third kappa shape index (κ3) is 55.8. The van der Waals surface area contributed by atoms with Crippen molar-refractivity contribution in [3.05, 3.63) is 72.9 Å². The molecule has 0 saturated carbocycles. The Hall–Kier alpha value is -3.15. The van der Waals surface area contributed by atoms with Gasteiger partial charge in [-0.3, -0.25) is 14.4 Å². The molecular weight excluding hydrogens is 865 g/mol. The van der Waals surface area contributed by atoms with Crippen LogP contribution in [0.1, 0.15) is 297 Å². The number of hydrogen-bond acceptors (Lipinski definition) is 6. The minimum absolute atomic E-state index is 0.102. The Balaban J connectivity index is 4.24. The van der Waals surface area contributed by atoms with E-state index in [9.17, 15) is 14.4 Å². The summed E-state index contributed by atoms with van der Waals surface area (Å²) >= 11 is 0. The van der Waals surface area contributed by atoms with Crippen LogP contribution in [0.4, 0.5) is 0 Å². The van der Waals surface area contributed by atoms with Crippen LogP contribution in [0.3, 0.4) is 0 Å². The maximum absolute atomic E-state index is 12.8. The van der Waals surface area contributed by atoms with E-state index >= 15 is 0 Å². The molecule has 6 heteroatoms. The molecule has 0 spiro atoms. The predicted octanol–water partition coefficient (Wildman–Crippen LogP) is 20.2. The van der Waals surface area contributed by atoms with Gasteiger partial charge in [-0.1, -0.05) is 293 Å². The molecule has 0 aromatic heterocycles. The van der Waals surface area contributed by atoms with E-state index in [1.54, 1.807) is 0 Å². The van der Waals surface area contributed by atoms with Gasteiger partial charge in [-0.15, -0.1) is 0 Å². The molecule has 0 aliphatic carbocycles. The number of allylic oxidation sites excluding steroid dienone is 12. The van der Waals surface area contributed by atoms with E-state index < -0.39 is 6.10 Å². The first-order valence-corrected chi connectivity index (χ1v) is 29.9. The highest BCUT2D eigenvalue weighted by atomic mass is 16.6. The maximum atomic E-state index is 12.8. The lowest BCUT2D eigenvalue weighted by atomic mass is 10.0.